The van der Waals surface area contributed by atoms with Gasteiger partial charge in [0.2, 0.25) is 0 Å². The lowest BCUT2D eigenvalue weighted by atomic mass is 10.1. The van der Waals surface area contributed by atoms with Crippen molar-refractivity contribution in [3.8, 4) is 0 Å². The molecule has 0 amide bonds. The first kappa shape index (κ1) is 11.8. The van der Waals surface area contributed by atoms with Crippen molar-refractivity contribution in [2.24, 2.45) is 5.73 Å². The van der Waals surface area contributed by atoms with Crippen LogP contribution in [-0.2, 0) is 4.79 Å². The number of nitrogens with two attached hydrogens (primary N) is 1. The third-order valence-electron chi connectivity index (χ3n) is 1.59. The summed E-state index contributed by atoms with van der Waals surface area (Å²) in [5.74, 6) is 0. The summed E-state index contributed by atoms with van der Waals surface area (Å²) >= 11 is 0. The average Bonchev–Trinajstić information content (AvgIpc) is 2.14. The predicted octanol–water partition coefficient (Wildman–Crippen LogP) is 1.98. The Balaban J connectivity index is 3.94. The van der Waals surface area contributed by atoms with Gasteiger partial charge in [0.1, 0.15) is 6.29 Å². The maximum atomic E-state index is 10.1. The molecular formula is C11H17NO. The van der Waals surface area contributed by atoms with E-state index >= 15 is 0 Å². The van der Waals surface area contributed by atoms with E-state index < -0.39 is 0 Å². The van der Waals surface area contributed by atoms with Gasteiger partial charge in [-0.05, 0) is 18.4 Å². The second-order valence-corrected chi connectivity index (χ2v) is 2.67. The smallest absolute Gasteiger partial charge is 0.120 e. The molecule has 0 bridgehead atoms. The second kappa shape index (κ2) is 8.94. The molecule has 0 aliphatic carbocycles. The molecule has 72 valence electrons. The van der Waals surface area contributed by atoms with E-state index in [1.165, 1.54) is 5.57 Å². The summed E-state index contributed by atoms with van der Waals surface area (Å²) < 4.78 is 0. The maximum Gasteiger partial charge on any atom is 0.120 e. The number of rotatable bonds is 7. The largest absolute Gasteiger partial charge is 0.327 e. The third kappa shape index (κ3) is 7.22. The van der Waals surface area contributed by atoms with Crippen molar-refractivity contribution in [2.75, 3.05) is 6.54 Å². The zero-order chi connectivity index (χ0) is 9.94. The van der Waals surface area contributed by atoms with Gasteiger partial charge in [-0.15, -0.1) is 0 Å². The van der Waals surface area contributed by atoms with Gasteiger partial charge in [-0.3, -0.25) is 0 Å². The molecule has 0 aromatic rings. The second-order valence-electron chi connectivity index (χ2n) is 2.67. The molecule has 0 aliphatic heterocycles. The highest BCUT2D eigenvalue weighted by atomic mass is 16.1. The number of unbranched alkanes of at least 4 members (excludes halogenated alkanes) is 1. The minimum Gasteiger partial charge on any atom is -0.327 e. The Hall–Kier alpha value is -1.15. The van der Waals surface area contributed by atoms with E-state index in [-0.39, 0.29) is 0 Å². The van der Waals surface area contributed by atoms with Crippen LogP contribution in [0.25, 0.3) is 0 Å². The Kier molecular flexibility index (Phi) is 8.15. The highest BCUT2D eigenvalue weighted by Crippen LogP contribution is 2.08. The Labute approximate surface area is 79.8 Å². The molecule has 0 aromatic heterocycles. The molecule has 0 atom stereocenters. The lowest BCUT2D eigenvalue weighted by Gasteiger charge is -1.98. The number of aldehydes is 1. The highest BCUT2D eigenvalue weighted by Gasteiger charge is 1.91. The Morgan fingerprint density at radius 1 is 1.46 bits per heavy atom. The van der Waals surface area contributed by atoms with Crippen molar-refractivity contribution in [2.45, 2.75) is 19.3 Å². The standard InChI is InChI=1S/C11H17NO/c1-2-6-11(8-5-9-12)7-3-4-10-13/h2,5-6,8,10H,1,3-4,7,9,12H2/b8-5-,11-6-. The number of carbonyl (C=O) groups is 1. The molecule has 2 N–H and O–H groups in total. The summed E-state index contributed by atoms with van der Waals surface area (Å²) in [5, 5.41) is 0. The fraction of sp³-hybridized carbons (Fsp3) is 0.364. The molecule has 0 heterocycles. The normalized spacial score (nSPS) is 11.9. The molecule has 2 nitrogen and oxygen atoms in total. The molecule has 0 unspecified atom stereocenters. The first-order valence-corrected chi connectivity index (χ1v) is 4.47. The van der Waals surface area contributed by atoms with E-state index in [0.717, 1.165) is 19.1 Å². The quantitative estimate of drug-likeness (QED) is 0.369. The highest BCUT2D eigenvalue weighted by molar-refractivity contribution is 5.49. The lowest BCUT2D eigenvalue weighted by molar-refractivity contribution is -0.107. The average molecular weight is 179 g/mol. The van der Waals surface area contributed by atoms with Crippen LogP contribution in [0.1, 0.15) is 19.3 Å². The van der Waals surface area contributed by atoms with Crippen LogP contribution in [0, 0.1) is 0 Å². The van der Waals surface area contributed by atoms with Gasteiger partial charge >= 0.3 is 0 Å². The van der Waals surface area contributed by atoms with Gasteiger partial charge in [-0.2, -0.15) is 0 Å². The topological polar surface area (TPSA) is 43.1 Å². The molecule has 13 heavy (non-hydrogen) atoms. The molecule has 0 aliphatic rings. The van der Waals surface area contributed by atoms with E-state index in [0.29, 0.717) is 13.0 Å². The molecule has 0 saturated heterocycles. The summed E-state index contributed by atoms with van der Waals surface area (Å²) in [6.45, 7) is 4.17. The van der Waals surface area contributed by atoms with Crippen LogP contribution < -0.4 is 5.73 Å². The zero-order valence-corrected chi connectivity index (χ0v) is 7.91. The van der Waals surface area contributed by atoms with Gasteiger partial charge in [0, 0.05) is 13.0 Å². The van der Waals surface area contributed by atoms with Crippen molar-refractivity contribution in [3.05, 3.63) is 36.5 Å². The van der Waals surface area contributed by atoms with Crippen LogP contribution in [-0.4, -0.2) is 12.8 Å². The van der Waals surface area contributed by atoms with Gasteiger partial charge in [-0.25, -0.2) is 0 Å². The van der Waals surface area contributed by atoms with Crippen LogP contribution in [0.15, 0.2) is 36.5 Å². The number of allylic oxidation sites excluding steroid dienone is 4. The first-order chi connectivity index (χ1) is 6.35. The van der Waals surface area contributed by atoms with Gasteiger partial charge in [-0.1, -0.05) is 30.9 Å². The van der Waals surface area contributed by atoms with E-state index in [2.05, 4.69) is 6.58 Å². The molecule has 0 radical (unpaired) electrons. The molecule has 0 aromatic carbocycles. The molecule has 0 rings (SSSR count). The number of hydrogen-bond donors (Lipinski definition) is 1. The Bertz CT molecular complexity index is 204. The third-order valence-corrected chi connectivity index (χ3v) is 1.59. The van der Waals surface area contributed by atoms with Crippen molar-refractivity contribution in [3.63, 3.8) is 0 Å². The molecule has 0 spiro atoms. The van der Waals surface area contributed by atoms with E-state index in [9.17, 15) is 4.79 Å². The fourth-order valence-electron chi connectivity index (χ4n) is 0.983. The molecule has 2 heteroatoms. The molecular weight excluding hydrogens is 162 g/mol. The van der Waals surface area contributed by atoms with E-state index in [4.69, 9.17) is 5.73 Å². The summed E-state index contributed by atoms with van der Waals surface area (Å²) in [4.78, 5) is 10.1. The van der Waals surface area contributed by atoms with Crippen LogP contribution >= 0.6 is 0 Å². The minimum absolute atomic E-state index is 0.544. The van der Waals surface area contributed by atoms with Crippen LogP contribution in [0.5, 0.6) is 0 Å². The first-order valence-electron chi connectivity index (χ1n) is 4.47. The van der Waals surface area contributed by atoms with Crippen molar-refractivity contribution in [1.29, 1.82) is 0 Å². The minimum atomic E-state index is 0.544. The Morgan fingerprint density at radius 3 is 2.77 bits per heavy atom. The summed E-state index contributed by atoms with van der Waals surface area (Å²) in [6.07, 6.45) is 10.9. The number of carbonyl (C=O) groups excluding carboxylic acids is 1. The Morgan fingerprint density at radius 2 is 2.23 bits per heavy atom. The van der Waals surface area contributed by atoms with Gasteiger partial charge < -0.3 is 10.5 Å². The zero-order valence-electron chi connectivity index (χ0n) is 7.91. The monoisotopic (exact) mass is 179 g/mol. The maximum absolute atomic E-state index is 10.1. The summed E-state index contributed by atoms with van der Waals surface area (Å²) in [5.41, 5.74) is 6.50. The summed E-state index contributed by atoms with van der Waals surface area (Å²) in [6, 6.07) is 0. The predicted molar refractivity (Wildman–Crippen MR) is 56.4 cm³/mol. The molecule has 0 saturated carbocycles. The van der Waals surface area contributed by atoms with Crippen molar-refractivity contribution in [1.82, 2.24) is 0 Å². The lowest BCUT2D eigenvalue weighted by Crippen LogP contribution is -1.92. The van der Waals surface area contributed by atoms with E-state index in [1.54, 1.807) is 6.08 Å². The summed E-state index contributed by atoms with van der Waals surface area (Å²) in [7, 11) is 0. The van der Waals surface area contributed by atoms with Crippen molar-refractivity contribution >= 4 is 6.29 Å². The van der Waals surface area contributed by atoms with Gasteiger partial charge in [0.25, 0.3) is 0 Å². The van der Waals surface area contributed by atoms with E-state index in [1.807, 2.05) is 18.2 Å². The fourth-order valence-corrected chi connectivity index (χ4v) is 0.983. The van der Waals surface area contributed by atoms with Crippen molar-refractivity contribution < 1.29 is 4.79 Å². The van der Waals surface area contributed by atoms with Gasteiger partial charge in [0.05, 0.1) is 0 Å². The van der Waals surface area contributed by atoms with Gasteiger partial charge in [0.15, 0.2) is 0 Å². The number of hydrogen-bond acceptors (Lipinski definition) is 2. The van der Waals surface area contributed by atoms with Crippen LogP contribution in [0.3, 0.4) is 0 Å². The van der Waals surface area contributed by atoms with Crippen LogP contribution in [0.4, 0.5) is 0 Å². The SMILES string of the molecule is C=C/C=C(\C=C/CN)CCCC=O. The van der Waals surface area contributed by atoms with Crippen LogP contribution in [0.2, 0.25) is 0 Å². The molecule has 0 fully saturated rings.